The van der Waals surface area contributed by atoms with E-state index in [4.69, 9.17) is 0 Å². The number of carbonyl (C=O) groups is 1. The summed E-state index contributed by atoms with van der Waals surface area (Å²) in [6.07, 6.45) is 3.75. The Kier molecular flexibility index (Phi) is 7.33. The smallest absolute Gasteiger partial charge is 0.258 e. The predicted octanol–water partition coefficient (Wildman–Crippen LogP) is 4.53. The summed E-state index contributed by atoms with van der Waals surface area (Å²) in [6, 6.07) is 10.5. The molecule has 0 bridgehead atoms. The van der Waals surface area contributed by atoms with Crippen molar-refractivity contribution < 1.29 is 17.6 Å². The van der Waals surface area contributed by atoms with E-state index in [2.05, 4.69) is 21.9 Å². The Morgan fingerprint density at radius 2 is 1.97 bits per heavy atom. The molecule has 0 aliphatic carbocycles. The first-order valence-corrected chi connectivity index (χ1v) is 12.2. The fraction of sp³-hybridized carbons (Fsp3) is 0.435. The van der Waals surface area contributed by atoms with E-state index in [1.165, 1.54) is 24.3 Å². The third kappa shape index (κ3) is 5.43. The third-order valence-electron chi connectivity index (χ3n) is 5.71. The molecule has 6 nitrogen and oxygen atoms in total. The number of piperidine rings is 1. The maximum Gasteiger partial charge on any atom is 0.258 e. The Hall–Kier alpha value is -2.45. The molecule has 1 heterocycles. The van der Waals surface area contributed by atoms with Crippen LogP contribution in [-0.4, -0.2) is 33.0 Å². The lowest BCUT2D eigenvalue weighted by atomic mass is 10.0. The normalized spacial score (nSPS) is 17.9. The Labute approximate surface area is 183 Å². The standard InChI is InChI=1S/C23H30FN3O3S/c1-4-16(2)26-31(29,30)22-15-18(25-23(28)19-10-5-6-11-20(19)24)12-13-21(22)27-14-8-7-9-17(27)3/h5-6,10-13,15-17,26H,4,7-9,14H2,1-3H3,(H,25,28). The number of hydrogen-bond donors (Lipinski definition) is 2. The second-order valence-electron chi connectivity index (χ2n) is 8.09. The average molecular weight is 448 g/mol. The number of halogens is 1. The zero-order chi connectivity index (χ0) is 22.6. The first kappa shape index (κ1) is 23.2. The highest BCUT2D eigenvalue weighted by atomic mass is 32.2. The van der Waals surface area contributed by atoms with Gasteiger partial charge < -0.3 is 10.2 Å². The molecular formula is C23H30FN3O3S. The van der Waals surface area contributed by atoms with Crippen LogP contribution in [-0.2, 0) is 10.0 Å². The highest BCUT2D eigenvalue weighted by molar-refractivity contribution is 7.89. The number of benzene rings is 2. The molecule has 2 aromatic rings. The van der Waals surface area contributed by atoms with Gasteiger partial charge in [-0.3, -0.25) is 4.79 Å². The van der Waals surface area contributed by atoms with E-state index in [1.807, 2.05) is 13.8 Å². The number of rotatable bonds is 7. The van der Waals surface area contributed by atoms with E-state index < -0.39 is 21.7 Å². The van der Waals surface area contributed by atoms with Crippen LogP contribution < -0.4 is 14.9 Å². The topological polar surface area (TPSA) is 78.5 Å². The molecule has 1 saturated heterocycles. The molecule has 3 rings (SSSR count). The number of carbonyl (C=O) groups excluding carboxylic acids is 1. The summed E-state index contributed by atoms with van der Waals surface area (Å²) in [5, 5.41) is 2.63. The van der Waals surface area contributed by atoms with Crippen molar-refractivity contribution in [3.05, 3.63) is 53.8 Å². The van der Waals surface area contributed by atoms with Gasteiger partial charge in [-0.15, -0.1) is 0 Å². The van der Waals surface area contributed by atoms with Gasteiger partial charge in [0, 0.05) is 24.3 Å². The monoisotopic (exact) mass is 447 g/mol. The quantitative estimate of drug-likeness (QED) is 0.654. The number of sulfonamides is 1. The van der Waals surface area contributed by atoms with Crippen molar-refractivity contribution in [2.45, 2.75) is 63.4 Å². The molecule has 8 heteroatoms. The van der Waals surface area contributed by atoms with Crippen LogP contribution in [0.4, 0.5) is 15.8 Å². The van der Waals surface area contributed by atoms with Gasteiger partial charge in [0.05, 0.1) is 11.3 Å². The number of nitrogens with one attached hydrogen (secondary N) is 2. The van der Waals surface area contributed by atoms with Crippen LogP contribution >= 0.6 is 0 Å². The first-order chi connectivity index (χ1) is 14.7. The van der Waals surface area contributed by atoms with Crippen molar-refractivity contribution in [2.24, 2.45) is 0 Å². The zero-order valence-electron chi connectivity index (χ0n) is 18.2. The molecule has 2 atom stereocenters. The molecule has 2 N–H and O–H groups in total. The van der Waals surface area contributed by atoms with E-state index in [0.29, 0.717) is 17.8 Å². The average Bonchev–Trinajstić information content (AvgIpc) is 2.74. The first-order valence-electron chi connectivity index (χ1n) is 10.7. The van der Waals surface area contributed by atoms with Crippen LogP contribution in [0, 0.1) is 5.82 Å². The Morgan fingerprint density at radius 3 is 2.65 bits per heavy atom. The minimum absolute atomic E-state index is 0.0987. The Bertz CT molecular complexity index is 1040. The van der Waals surface area contributed by atoms with Crippen LogP contribution in [0.3, 0.4) is 0 Å². The Balaban J connectivity index is 1.99. The molecule has 1 aliphatic rings. The Morgan fingerprint density at radius 1 is 1.23 bits per heavy atom. The van der Waals surface area contributed by atoms with E-state index in [0.717, 1.165) is 25.8 Å². The molecule has 31 heavy (non-hydrogen) atoms. The predicted molar refractivity (Wildman–Crippen MR) is 122 cm³/mol. The summed E-state index contributed by atoms with van der Waals surface area (Å²) in [5.41, 5.74) is 0.816. The molecule has 1 fully saturated rings. The molecular weight excluding hydrogens is 417 g/mol. The number of anilines is 2. The van der Waals surface area contributed by atoms with E-state index in [9.17, 15) is 17.6 Å². The molecule has 1 aliphatic heterocycles. The number of hydrogen-bond acceptors (Lipinski definition) is 4. The van der Waals surface area contributed by atoms with Crippen LogP contribution in [0.25, 0.3) is 0 Å². The second kappa shape index (κ2) is 9.78. The number of nitrogens with zero attached hydrogens (tertiary/aromatic N) is 1. The van der Waals surface area contributed by atoms with Gasteiger partial charge in [-0.25, -0.2) is 17.5 Å². The molecule has 0 spiro atoms. The van der Waals surface area contributed by atoms with Crippen molar-refractivity contribution >= 4 is 27.3 Å². The fourth-order valence-corrected chi connectivity index (χ4v) is 5.32. The van der Waals surface area contributed by atoms with Crippen molar-refractivity contribution in [1.82, 2.24) is 4.72 Å². The lowest BCUT2D eigenvalue weighted by Gasteiger charge is -2.36. The highest BCUT2D eigenvalue weighted by Crippen LogP contribution is 2.33. The molecule has 168 valence electrons. The lowest BCUT2D eigenvalue weighted by Crippen LogP contribution is -2.39. The maximum absolute atomic E-state index is 14.0. The van der Waals surface area contributed by atoms with Crippen LogP contribution in [0.2, 0.25) is 0 Å². The van der Waals surface area contributed by atoms with Crippen molar-refractivity contribution in [1.29, 1.82) is 0 Å². The fourth-order valence-electron chi connectivity index (χ4n) is 3.76. The molecule has 2 aromatic carbocycles. The van der Waals surface area contributed by atoms with Crippen molar-refractivity contribution in [3.8, 4) is 0 Å². The molecule has 0 radical (unpaired) electrons. The summed E-state index contributed by atoms with van der Waals surface area (Å²) >= 11 is 0. The van der Waals surface area contributed by atoms with Gasteiger partial charge in [0.25, 0.3) is 5.91 Å². The third-order valence-corrected chi connectivity index (χ3v) is 7.33. The summed E-state index contributed by atoms with van der Waals surface area (Å²) in [6.45, 7) is 6.58. The van der Waals surface area contributed by atoms with Crippen molar-refractivity contribution in [3.63, 3.8) is 0 Å². The van der Waals surface area contributed by atoms with Crippen LogP contribution in [0.5, 0.6) is 0 Å². The maximum atomic E-state index is 14.0. The SMILES string of the molecule is CCC(C)NS(=O)(=O)c1cc(NC(=O)c2ccccc2F)ccc1N1CCCCC1C. The molecule has 0 aromatic heterocycles. The lowest BCUT2D eigenvalue weighted by molar-refractivity contribution is 0.102. The largest absolute Gasteiger partial charge is 0.368 e. The summed E-state index contributed by atoms with van der Waals surface area (Å²) < 4.78 is 43.1. The highest BCUT2D eigenvalue weighted by Gasteiger charge is 2.28. The second-order valence-corrected chi connectivity index (χ2v) is 9.77. The van der Waals surface area contributed by atoms with Crippen LogP contribution in [0.1, 0.15) is 56.8 Å². The summed E-state index contributed by atoms with van der Waals surface area (Å²) in [7, 11) is -3.82. The van der Waals surface area contributed by atoms with E-state index >= 15 is 0 Å². The van der Waals surface area contributed by atoms with Crippen LogP contribution in [0.15, 0.2) is 47.4 Å². The minimum atomic E-state index is -3.82. The molecule has 1 amide bonds. The van der Waals surface area contributed by atoms with E-state index in [-0.39, 0.29) is 22.5 Å². The van der Waals surface area contributed by atoms with Gasteiger partial charge in [-0.2, -0.15) is 0 Å². The zero-order valence-corrected chi connectivity index (χ0v) is 19.0. The molecule has 0 saturated carbocycles. The van der Waals surface area contributed by atoms with Gasteiger partial charge in [0.2, 0.25) is 10.0 Å². The summed E-state index contributed by atoms with van der Waals surface area (Å²) in [5.74, 6) is -1.26. The molecule has 2 unspecified atom stereocenters. The van der Waals surface area contributed by atoms with E-state index in [1.54, 1.807) is 18.2 Å². The van der Waals surface area contributed by atoms with Gasteiger partial charge in [-0.05, 0) is 69.9 Å². The summed E-state index contributed by atoms with van der Waals surface area (Å²) in [4.78, 5) is 14.8. The van der Waals surface area contributed by atoms with Gasteiger partial charge in [-0.1, -0.05) is 19.1 Å². The van der Waals surface area contributed by atoms with Gasteiger partial charge >= 0.3 is 0 Å². The van der Waals surface area contributed by atoms with Crippen molar-refractivity contribution in [2.75, 3.05) is 16.8 Å². The van der Waals surface area contributed by atoms with Gasteiger partial charge in [0.15, 0.2) is 0 Å². The number of amides is 1. The van der Waals surface area contributed by atoms with Gasteiger partial charge in [0.1, 0.15) is 10.7 Å². The minimum Gasteiger partial charge on any atom is -0.368 e.